The maximum atomic E-state index is 12.6. The van der Waals surface area contributed by atoms with Gasteiger partial charge in [-0.1, -0.05) is 36.4 Å². The second-order valence-corrected chi connectivity index (χ2v) is 7.23. The van der Waals surface area contributed by atoms with Gasteiger partial charge in [0.25, 0.3) is 5.91 Å². The van der Waals surface area contributed by atoms with Gasteiger partial charge in [-0.05, 0) is 42.9 Å². The molecule has 0 atom stereocenters. The summed E-state index contributed by atoms with van der Waals surface area (Å²) in [6.45, 7) is 1.41. The van der Waals surface area contributed by atoms with Crippen LogP contribution in [0, 0.1) is 5.92 Å². The lowest BCUT2D eigenvalue weighted by atomic mass is 9.90. The number of piperidine rings is 1. The smallest absolute Gasteiger partial charge is 0.259 e. The molecule has 1 N–H and O–H groups in total. The van der Waals surface area contributed by atoms with Crippen molar-refractivity contribution in [2.75, 3.05) is 33.9 Å². The lowest BCUT2D eigenvalue weighted by Crippen LogP contribution is -2.44. The predicted molar refractivity (Wildman–Crippen MR) is 111 cm³/mol. The summed E-state index contributed by atoms with van der Waals surface area (Å²) in [6.07, 6.45) is 3.01. The molecular formula is C23H28N2O4. The molecule has 2 aromatic carbocycles. The van der Waals surface area contributed by atoms with E-state index in [1.54, 1.807) is 18.2 Å². The molecule has 1 aliphatic rings. The Hall–Kier alpha value is -3.02. The number of carbonyl (C=O) groups excluding carboxylic acids is 2. The first-order chi connectivity index (χ1) is 14.1. The lowest BCUT2D eigenvalue weighted by Gasteiger charge is -2.32. The highest BCUT2D eigenvalue weighted by Gasteiger charge is 2.24. The van der Waals surface area contributed by atoms with Crippen molar-refractivity contribution in [3.8, 4) is 11.5 Å². The number of carbonyl (C=O) groups is 2. The molecule has 0 radical (unpaired) electrons. The van der Waals surface area contributed by atoms with E-state index in [2.05, 4.69) is 29.6 Å². The molecule has 3 rings (SSSR count). The van der Waals surface area contributed by atoms with E-state index in [1.807, 2.05) is 11.0 Å². The Kier molecular flexibility index (Phi) is 7.11. The molecule has 6 heteroatoms. The SMILES string of the molecule is COc1cccc(OC)c1C(=O)NCC(=O)N1CCC(Cc2ccccc2)CC1. The van der Waals surface area contributed by atoms with E-state index in [-0.39, 0.29) is 18.4 Å². The molecule has 0 unspecified atom stereocenters. The van der Waals surface area contributed by atoms with E-state index in [0.29, 0.717) is 23.0 Å². The quantitative estimate of drug-likeness (QED) is 0.781. The Morgan fingerprint density at radius 1 is 0.966 bits per heavy atom. The zero-order chi connectivity index (χ0) is 20.6. The molecule has 154 valence electrons. The highest BCUT2D eigenvalue weighted by atomic mass is 16.5. The third-order valence-corrected chi connectivity index (χ3v) is 5.39. The van der Waals surface area contributed by atoms with E-state index in [4.69, 9.17) is 9.47 Å². The topological polar surface area (TPSA) is 67.9 Å². The number of hydrogen-bond donors (Lipinski definition) is 1. The number of methoxy groups -OCH3 is 2. The molecule has 0 aliphatic carbocycles. The summed E-state index contributed by atoms with van der Waals surface area (Å²) in [5.41, 5.74) is 1.64. The highest BCUT2D eigenvalue weighted by Crippen LogP contribution is 2.28. The van der Waals surface area contributed by atoms with Crippen LogP contribution >= 0.6 is 0 Å². The summed E-state index contributed by atoms with van der Waals surface area (Å²) >= 11 is 0. The standard InChI is InChI=1S/C23H28N2O4/c1-28-19-9-6-10-20(29-2)22(19)23(27)24-16-21(26)25-13-11-18(12-14-25)15-17-7-4-3-5-8-17/h3-10,18H,11-16H2,1-2H3,(H,24,27). The number of nitrogens with zero attached hydrogens (tertiary/aromatic N) is 1. The Morgan fingerprint density at radius 3 is 2.17 bits per heavy atom. The molecule has 1 fully saturated rings. The molecule has 0 aromatic heterocycles. The monoisotopic (exact) mass is 396 g/mol. The van der Waals surface area contributed by atoms with Crippen LogP contribution in [0.4, 0.5) is 0 Å². The van der Waals surface area contributed by atoms with Gasteiger partial charge in [-0.3, -0.25) is 9.59 Å². The van der Waals surface area contributed by atoms with Gasteiger partial charge in [0.1, 0.15) is 17.1 Å². The summed E-state index contributed by atoms with van der Waals surface area (Å²) < 4.78 is 10.5. The fourth-order valence-electron chi connectivity index (χ4n) is 3.76. The van der Waals surface area contributed by atoms with Crippen molar-refractivity contribution in [3.05, 3.63) is 59.7 Å². The van der Waals surface area contributed by atoms with Gasteiger partial charge < -0.3 is 19.7 Å². The predicted octanol–water partition coefficient (Wildman–Crippen LogP) is 2.91. The van der Waals surface area contributed by atoms with Crippen LogP contribution in [-0.2, 0) is 11.2 Å². The van der Waals surface area contributed by atoms with Crippen LogP contribution in [0.25, 0.3) is 0 Å². The van der Waals surface area contributed by atoms with Crippen molar-refractivity contribution < 1.29 is 19.1 Å². The van der Waals surface area contributed by atoms with E-state index < -0.39 is 0 Å². The van der Waals surface area contributed by atoms with Crippen LogP contribution in [0.3, 0.4) is 0 Å². The molecule has 0 spiro atoms. The van der Waals surface area contributed by atoms with Crippen LogP contribution in [-0.4, -0.2) is 50.6 Å². The third kappa shape index (κ3) is 5.28. The molecule has 1 saturated heterocycles. The van der Waals surface area contributed by atoms with Gasteiger partial charge in [0, 0.05) is 13.1 Å². The summed E-state index contributed by atoms with van der Waals surface area (Å²) in [5.74, 6) is 0.970. The summed E-state index contributed by atoms with van der Waals surface area (Å²) in [4.78, 5) is 27.0. The van der Waals surface area contributed by atoms with Gasteiger partial charge in [-0.15, -0.1) is 0 Å². The average Bonchev–Trinajstić information content (AvgIpc) is 2.77. The van der Waals surface area contributed by atoms with Crippen LogP contribution in [0.5, 0.6) is 11.5 Å². The van der Waals surface area contributed by atoms with E-state index in [1.165, 1.54) is 19.8 Å². The van der Waals surface area contributed by atoms with E-state index in [0.717, 1.165) is 32.4 Å². The van der Waals surface area contributed by atoms with Crippen molar-refractivity contribution in [2.45, 2.75) is 19.3 Å². The van der Waals surface area contributed by atoms with E-state index in [9.17, 15) is 9.59 Å². The number of nitrogens with one attached hydrogen (secondary N) is 1. The number of ether oxygens (including phenoxy) is 2. The normalized spacial score (nSPS) is 14.3. The molecule has 6 nitrogen and oxygen atoms in total. The van der Waals surface area contributed by atoms with Crippen LogP contribution < -0.4 is 14.8 Å². The Balaban J connectivity index is 1.50. The van der Waals surface area contributed by atoms with Crippen molar-refractivity contribution in [1.29, 1.82) is 0 Å². The zero-order valence-electron chi connectivity index (χ0n) is 17.0. The minimum absolute atomic E-state index is 0.0383. The van der Waals surface area contributed by atoms with Crippen molar-refractivity contribution in [3.63, 3.8) is 0 Å². The molecule has 2 amide bonds. The first-order valence-electron chi connectivity index (χ1n) is 9.93. The van der Waals surface area contributed by atoms with E-state index >= 15 is 0 Å². The summed E-state index contributed by atoms with van der Waals surface area (Å²) in [7, 11) is 2.99. The van der Waals surface area contributed by atoms with Gasteiger partial charge in [-0.25, -0.2) is 0 Å². The average molecular weight is 396 g/mol. The Labute approximate surface area is 171 Å². The number of amides is 2. The molecule has 0 saturated carbocycles. The van der Waals surface area contributed by atoms with Gasteiger partial charge in [0.05, 0.1) is 20.8 Å². The third-order valence-electron chi connectivity index (χ3n) is 5.39. The van der Waals surface area contributed by atoms with Crippen molar-refractivity contribution >= 4 is 11.8 Å². The zero-order valence-corrected chi connectivity index (χ0v) is 17.0. The van der Waals surface area contributed by atoms with Crippen LogP contribution in [0.15, 0.2) is 48.5 Å². The molecular weight excluding hydrogens is 368 g/mol. The van der Waals surface area contributed by atoms with Crippen molar-refractivity contribution in [1.82, 2.24) is 10.2 Å². The number of rotatable bonds is 7. The molecule has 29 heavy (non-hydrogen) atoms. The molecule has 0 bridgehead atoms. The van der Waals surface area contributed by atoms with Gasteiger partial charge in [-0.2, -0.15) is 0 Å². The maximum Gasteiger partial charge on any atom is 0.259 e. The van der Waals surface area contributed by atoms with Gasteiger partial charge in [0.2, 0.25) is 5.91 Å². The minimum Gasteiger partial charge on any atom is -0.496 e. The Morgan fingerprint density at radius 2 is 1.59 bits per heavy atom. The second-order valence-electron chi connectivity index (χ2n) is 7.23. The summed E-state index contributed by atoms with van der Waals surface area (Å²) in [6, 6.07) is 15.6. The van der Waals surface area contributed by atoms with Crippen LogP contribution in [0.2, 0.25) is 0 Å². The van der Waals surface area contributed by atoms with Crippen molar-refractivity contribution in [2.24, 2.45) is 5.92 Å². The number of benzene rings is 2. The van der Waals surface area contributed by atoms with Gasteiger partial charge >= 0.3 is 0 Å². The first kappa shape index (κ1) is 20.7. The summed E-state index contributed by atoms with van der Waals surface area (Å²) in [5, 5.41) is 2.71. The fourth-order valence-corrected chi connectivity index (χ4v) is 3.76. The van der Waals surface area contributed by atoms with Gasteiger partial charge in [0.15, 0.2) is 0 Å². The molecule has 1 heterocycles. The minimum atomic E-state index is -0.383. The fraction of sp³-hybridized carbons (Fsp3) is 0.391. The highest BCUT2D eigenvalue weighted by molar-refractivity contribution is 6.01. The first-order valence-corrected chi connectivity index (χ1v) is 9.93. The second kappa shape index (κ2) is 9.96. The van der Waals surface area contributed by atoms with Crippen LogP contribution in [0.1, 0.15) is 28.8 Å². The largest absolute Gasteiger partial charge is 0.496 e. The molecule has 1 aliphatic heterocycles. The molecule has 2 aromatic rings. The Bertz CT molecular complexity index is 808. The lowest BCUT2D eigenvalue weighted by molar-refractivity contribution is -0.131. The number of hydrogen-bond acceptors (Lipinski definition) is 4. The number of likely N-dealkylation sites (tertiary alicyclic amines) is 1. The maximum absolute atomic E-state index is 12.6.